The average molecular weight is 433 g/mol. The van der Waals surface area contributed by atoms with Gasteiger partial charge in [0, 0.05) is 17.8 Å². The molecule has 0 saturated heterocycles. The molecule has 9 nitrogen and oxygen atoms in total. The number of fused-ring (bicyclic) bond motifs is 2. The summed E-state index contributed by atoms with van der Waals surface area (Å²) < 4.78 is 13.3. The zero-order valence-electron chi connectivity index (χ0n) is 17.5. The van der Waals surface area contributed by atoms with Crippen LogP contribution in [0.1, 0.15) is 30.8 Å². The van der Waals surface area contributed by atoms with Crippen molar-refractivity contribution in [3.05, 3.63) is 71.2 Å². The van der Waals surface area contributed by atoms with Gasteiger partial charge in [-0.1, -0.05) is 24.3 Å². The number of rotatable bonds is 4. The highest BCUT2D eigenvalue weighted by molar-refractivity contribution is 6.06. The van der Waals surface area contributed by atoms with Crippen molar-refractivity contribution in [1.29, 1.82) is 0 Å². The maximum absolute atomic E-state index is 13.4. The Labute approximate surface area is 184 Å². The van der Waals surface area contributed by atoms with E-state index in [9.17, 15) is 9.90 Å². The van der Waals surface area contributed by atoms with Gasteiger partial charge in [0.25, 0.3) is 5.91 Å². The molecule has 2 aliphatic heterocycles. The van der Waals surface area contributed by atoms with Crippen molar-refractivity contribution in [2.24, 2.45) is 0 Å². The lowest BCUT2D eigenvalue weighted by Gasteiger charge is -2.29. The fraction of sp³-hybridized carbons (Fsp3) is 0.261. The van der Waals surface area contributed by atoms with Gasteiger partial charge in [-0.3, -0.25) is 4.79 Å². The first-order valence-corrected chi connectivity index (χ1v) is 10.4. The van der Waals surface area contributed by atoms with Gasteiger partial charge in [-0.05, 0) is 36.8 Å². The highest BCUT2D eigenvalue weighted by Gasteiger charge is 2.35. The Bertz CT molecular complexity index is 1190. The third kappa shape index (κ3) is 3.67. The molecule has 0 saturated carbocycles. The zero-order chi connectivity index (χ0) is 22.1. The van der Waals surface area contributed by atoms with Crippen molar-refractivity contribution < 1.29 is 19.4 Å². The third-order valence-electron chi connectivity index (χ3n) is 5.40. The highest BCUT2D eigenvalue weighted by Crippen LogP contribution is 2.39. The molecule has 1 amide bonds. The second-order valence-electron chi connectivity index (χ2n) is 7.60. The lowest BCUT2D eigenvalue weighted by molar-refractivity contribution is -0.113. The molecule has 1 aromatic heterocycles. The molecule has 0 bridgehead atoms. The molecule has 0 spiro atoms. The van der Waals surface area contributed by atoms with Crippen LogP contribution in [0.15, 0.2) is 59.8 Å². The van der Waals surface area contributed by atoms with E-state index in [4.69, 9.17) is 9.47 Å². The molecule has 5 rings (SSSR count). The summed E-state index contributed by atoms with van der Waals surface area (Å²) in [7, 11) is 0. The summed E-state index contributed by atoms with van der Waals surface area (Å²) in [6, 6.07) is 14.3. The Balaban J connectivity index is 1.59. The molecule has 3 heterocycles. The second kappa shape index (κ2) is 8.35. The minimum Gasteiger partial charge on any atom is -0.490 e. The summed E-state index contributed by atoms with van der Waals surface area (Å²) in [4.78, 5) is 17.8. The van der Waals surface area contributed by atoms with Crippen LogP contribution in [0, 0.1) is 0 Å². The van der Waals surface area contributed by atoms with E-state index < -0.39 is 6.04 Å². The number of aliphatic hydroxyl groups is 1. The van der Waals surface area contributed by atoms with Crippen molar-refractivity contribution in [2.45, 2.75) is 26.0 Å². The van der Waals surface area contributed by atoms with E-state index in [-0.39, 0.29) is 18.3 Å². The van der Waals surface area contributed by atoms with E-state index in [1.54, 1.807) is 4.68 Å². The number of carbonyl (C=O) groups is 1. The number of nitrogens with zero attached hydrogens (tertiary/aromatic N) is 3. The fourth-order valence-electron chi connectivity index (χ4n) is 3.93. The van der Waals surface area contributed by atoms with Gasteiger partial charge in [0.05, 0.1) is 18.8 Å². The number of aromatic nitrogens is 3. The van der Waals surface area contributed by atoms with Crippen LogP contribution in [0.3, 0.4) is 0 Å². The first-order chi connectivity index (χ1) is 15.6. The van der Waals surface area contributed by atoms with Crippen molar-refractivity contribution in [3.63, 3.8) is 0 Å². The maximum atomic E-state index is 13.4. The number of hydrogen-bond donors (Lipinski definition) is 3. The van der Waals surface area contributed by atoms with Crippen LogP contribution in [-0.4, -0.2) is 39.0 Å². The SMILES string of the molecule is CC1=C(C(=O)Nc2ccccc2)C(c2ccc3c(c2)OCCCO3)n2nc(CO)nc2N1. The predicted molar refractivity (Wildman–Crippen MR) is 118 cm³/mol. The molecule has 32 heavy (non-hydrogen) atoms. The molecule has 1 unspecified atom stereocenters. The molecule has 9 heteroatoms. The summed E-state index contributed by atoms with van der Waals surface area (Å²) in [6.45, 7) is 2.67. The molecule has 0 aliphatic carbocycles. The monoisotopic (exact) mass is 433 g/mol. The number of para-hydroxylation sites is 1. The minimum absolute atomic E-state index is 0.259. The van der Waals surface area contributed by atoms with E-state index in [2.05, 4.69) is 20.7 Å². The number of aliphatic hydroxyl groups excluding tert-OH is 1. The van der Waals surface area contributed by atoms with Crippen molar-refractivity contribution in [2.75, 3.05) is 23.8 Å². The van der Waals surface area contributed by atoms with Crippen LogP contribution in [-0.2, 0) is 11.4 Å². The summed E-state index contributed by atoms with van der Waals surface area (Å²) >= 11 is 0. The molecule has 2 aliphatic rings. The predicted octanol–water partition coefficient (Wildman–Crippen LogP) is 2.86. The lowest BCUT2D eigenvalue weighted by Crippen LogP contribution is -2.31. The average Bonchev–Trinajstić information content (AvgIpc) is 3.06. The van der Waals surface area contributed by atoms with E-state index in [0.29, 0.717) is 47.6 Å². The Morgan fingerprint density at radius 1 is 1.19 bits per heavy atom. The van der Waals surface area contributed by atoms with Crippen LogP contribution in [0.2, 0.25) is 0 Å². The number of nitrogens with one attached hydrogen (secondary N) is 2. The van der Waals surface area contributed by atoms with Gasteiger partial charge < -0.3 is 25.2 Å². The number of benzene rings is 2. The first-order valence-electron chi connectivity index (χ1n) is 10.4. The van der Waals surface area contributed by atoms with Gasteiger partial charge in [-0.2, -0.15) is 10.1 Å². The summed E-state index contributed by atoms with van der Waals surface area (Å²) in [5, 5.41) is 20.1. The number of amides is 1. The highest BCUT2D eigenvalue weighted by atomic mass is 16.5. The first kappa shape index (κ1) is 20.1. The normalized spacial score (nSPS) is 17.2. The molecule has 0 fully saturated rings. The van der Waals surface area contributed by atoms with Gasteiger partial charge >= 0.3 is 0 Å². The van der Waals surface area contributed by atoms with Gasteiger partial charge in [-0.25, -0.2) is 4.68 Å². The van der Waals surface area contributed by atoms with Crippen LogP contribution in [0.5, 0.6) is 11.5 Å². The van der Waals surface area contributed by atoms with Crippen LogP contribution < -0.4 is 20.1 Å². The van der Waals surface area contributed by atoms with E-state index >= 15 is 0 Å². The van der Waals surface area contributed by atoms with Crippen LogP contribution >= 0.6 is 0 Å². The van der Waals surface area contributed by atoms with E-state index in [0.717, 1.165) is 12.0 Å². The van der Waals surface area contributed by atoms with Crippen LogP contribution in [0.25, 0.3) is 0 Å². The number of hydrogen-bond acceptors (Lipinski definition) is 7. The number of ether oxygens (including phenoxy) is 2. The Morgan fingerprint density at radius 2 is 1.97 bits per heavy atom. The molecule has 0 radical (unpaired) electrons. The van der Waals surface area contributed by atoms with Crippen molar-refractivity contribution in [1.82, 2.24) is 14.8 Å². The Hall–Kier alpha value is -3.85. The van der Waals surface area contributed by atoms with Gasteiger partial charge in [0.15, 0.2) is 17.3 Å². The lowest BCUT2D eigenvalue weighted by atomic mass is 9.94. The van der Waals surface area contributed by atoms with Gasteiger partial charge in [0.1, 0.15) is 12.6 Å². The zero-order valence-corrected chi connectivity index (χ0v) is 17.5. The largest absolute Gasteiger partial charge is 0.490 e. The van der Waals surface area contributed by atoms with E-state index in [1.807, 2.05) is 55.5 Å². The summed E-state index contributed by atoms with van der Waals surface area (Å²) in [6.07, 6.45) is 0.800. The topological polar surface area (TPSA) is 111 Å². The quantitative estimate of drug-likeness (QED) is 0.580. The molecule has 3 N–H and O–H groups in total. The molecular formula is C23H23N5O4. The smallest absolute Gasteiger partial charge is 0.255 e. The van der Waals surface area contributed by atoms with Gasteiger partial charge in [0.2, 0.25) is 5.95 Å². The standard InChI is InChI=1S/C23H23N5O4/c1-14-20(22(30)25-16-6-3-2-4-7-16)21(28-23(24-14)26-19(13-29)27-28)15-8-9-17-18(12-15)32-11-5-10-31-17/h2-4,6-9,12,21,29H,5,10-11,13H2,1H3,(H,25,30)(H,24,26,27). The molecular weight excluding hydrogens is 410 g/mol. The number of anilines is 2. The van der Waals surface area contributed by atoms with Crippen molar-refractivity contribution >= 4 is 17.5 Å². The maximum Gasteiger partial charge on any atom is 0.255 e. The number of carbonyl (C=O) groups excluding carboxylic acids is 1. The van der Waals surface area contributed by atoms with E-state index in [1.165, 1.54) is 0 Å². The Kier molecular flexibility index (Phi) is 5.24. The molecule has 1 atom stereocenters. The summed E-state index contributed by atoms with van der Waals surface area (Å²) in [5.74, 6) is 1.77. The molecule has 3 aromatic rings. The molecule has 2 aromatic carbocycles. The van der Waals surface area contributed by atoms with Gasteiger partial charge in [-0.15, -0.1) is 0 Å². The second-order valence-corrected chi connectivity index (χ2v) is 7.60. The van der Waals surface area contributed by atoms with Crippen LogP contribution in [0.4, 0.5) is 11.6 Å². The molecule has 164 valence electrons. The minimum atomic E-state index is -0.570. The third-order valence-corrected chi connectivity index (χ3v) is 5.40. The summed E-state index contributed by atoms with van der Waals surface area (Å²) in [5.41, 5.74) is 2.63. The Morgan fingerprint density at radius 3 is 2.75 bits per heavy atom. The number of allylic oxidation sites excluding steroid dienone is 1. The fourth-order valence-corrected chi connectivity index (χ4v) is 3.93. The van der Waals surface area contributed by atoms with Crippen molar-refractivity contribution in [3.8, 4) is 11.5 Å².